The molecular formula is C16H19NO2. The van der Waals surface area contributed by atoms with Gasteiger partial charge in [-0.25, -0.2) is 4.79 Å². The van der Waals surface area contributed by atoms with E-state index in [1.54, 1.807) is 0 Å². The molecule has 100 valence electrons. The summed E-state index contributed by atoms with van der Waals surface area (Å²) in [4.78, 5) is 16.7. The summed E-state index contributed by atoms with van der Waals surface area (Å²) in [5.74, 6) is -0.286. The second-order valence-electron chi connectivity index (χ2n) is 5.54. The minimum absolute atomic E-state index is 0.106. The van der Waals surface area contributed by atoms with Crippen LogP contribution in [0.5, 0.6) is 0 Å². The van der Waals surface area contributed by atoms with Crippen molar-refractivity contribution in [1.82, 2.24) is 4.98 Å². The lowest BCUT2D eigenvalue weighted by molar-refractivity contribution is 0.0528. The molecule has 0 aliphatic heterocycles. The minimum atomic E-state index is -0.286. The highest BCUT2D eigenvalue weighted by Crippen LogP contribution is 2.26. The van der Waals surface area contributed by atoms with Gasteiger partial charge in [-0.15, -0.1) is 0 Å². The fourth-order valence-electron chi connectivity index (χ4n) is 1.94. The third-order valence-corrected chi connectivity index (χ3v) is 2.98. The number of carbonyl (C=O) groups is 1. The summed E-state index contributed by atoms with van der Waals surface area (Å²) in [6.45, 7) is 8.43. The van der Waals surface area contributed by atoms with Crippen molar-refractivity contribution in [3.8, 4) is 0 Å². The van der Waals surface area contributed by atoms with Gasteiger partial charge in [-0.1, -0.05) is 39.0 Å². The standard InChI is InChI=1S/C16H19NO2/c1-5-19-15(18)12-10-14(16(2,3)4)17-13-9-7-6-8-11(12)13/h6-10H,5H2,1-4H3. The van der Waals surface area contributed by atoms with E-state index in [1.165, 1.54) is 0 Å². The van der Waals surface area contributed by atoms with Crippen LogP contribution in [0.4, 0.5) is 0 Å². The fraction of sp³-hybridized carbons (Fsp3) is 0.375. The summed E-state index contributed by atoms with van der Waals surface area (Å²) >= 11 is 0. The van der Waals surface area contributed by atoms with Gasteiger partial charge in [0.1, 0.15) is 0 Å². The molecule has 1 aromatic heterocycles. The second-order valence-corrected chi connectivity index (χ2v) is 5.54. The molecule has 3 heteroatoms. The number of hydrogen-bond acceptors (Lipinski definition) is 3. The Kier molecular flexibility index (Phi) is 3.56. The molecule has 3 nitrogen and oxygen atoms in total. The summed E-state index contributed by atoms with van der Waals surface area (Å²) in [5, 5.41) is 0.842. The van der Waals surface area contributed by atoms with Crippen molar-refractivity contribution in [1.29, 1.82) is 0 Å². The molecule has 2 rings (SSSR count). The molecule has 19 heavy (non-hydrogen) atoms. The number of benzene rings is 1. The van der Waals surface area contributed by atoms with Crippen molar-refractivity contribution in [3.05, 3.63) is 41.6 Å². The number of pyridine rings is 1. The van der Waals surface area contributed by atoms with Crippen LogP contribution in [-0.2, 0) is 10.2 Å². The smallest absolute Gasteiger partial charge is 0.338 e. The monoisotopic (exact) mass is 257 g/mol. The summed E-state index contributed by atoms with van der Waals surface area (Å²) in [5.41, 5.74) is 2.22. The largest absolute Gasteiger partial charge is 0.462 e. The van der Waals surface area contributed by atoms with E-state index in [9.17, 15) is 4.79 Å². The molecule has 0 amide bonds. The van der Waals surface area contributed by atoms with Gasteiger partial charge in [-0.05, 0) is 19.1 Å². The molecule has 0 atom stereocenters. The van der Waals surface area contributed by atoms with Crippen molar-refractivity contribution in [2.24, 2.45) is 0 Å². The average molecular weight is 257 g/mol. The molecule has 0 N–H and O–H groups in total. The normalized spacial score (nSPS) is 11.6. The Bertz CT molecular complexity index is 612. The summed E-state index contributed by atoms with van der Waals surface area (Å²) in [6, 6.07) is 9.51. The minimum Gasteiger partial charge on any atom is -0.462 e. The van der Waals surface area contributed by atoms with Crippen LogP contribution in [-0.4, -0.2) is 17.6 Å². The number of esters is 1. The average Bonchev–Trinajstić information content (AvgIpc) is 2.36. The van der Waals surface area contributed by atoms with Gasteiger partial charge in [-0.2, -0.15) is 0 Å². The van der Waals surface area contributed by atoms with Crippen molar-refractivity contribution in [3.63, 3.8) is 0 Å². The molecular weight excluding hydrogens is 238 g/mol. The van der Waals surface area contributed by atoms with Crippen LogP contribution >= 0.6 is 0 Å². The van der Waals surface area contributed by atoms with E-state index in [2.05, 4.69) is 25.8 Å². The summed E-state index contributed by atoms with van der Waals surface area (Å²) < 4.78 is 5.14. The predicted molar refractivity (Wildman–Crippen MR) is 76.4 cm³/mol. The zero-order valence-electron chi connectivity index (χ0n) is 11.9. The fourth-order valence-corrected chi connectivity index (χ4v) is 1.94. The van der Waals surface area contributed by atoms with E-state index in [0.29, 0.717) is 12.2 Å². The molecule has 2 aromatic rings. The first kappa shape index (κ1) is 13.5. The number of hydrogen-bond donors (Lipinski definition) is 0. The van der Waals surface area contributed by atoms with Crippen molar-refractivity contribution < 1.29 is 9.53 Å². The van der Waals surface area contributed by atoms with E-state index in [4.69, 9.17) is 4.74 Å². The third kappa shape index (κ3) is 2.75. The molecule has 0 radical (unpaired) electrons. The van der Waals surface area contributed by atoms with Gasteiger partial charge >= 0.3 is 5.97 Å². The molecule has 0 unspecified atom stereocenters. The van der Waals surface area contributed by atoms with E-state index < -0.39 is 0 Å². The van der Waals surface area contributed by atoms with Gasteiger partial charge in [0.05, 0.1) is 17.7 Å². The van der Waals surface area contributed by atoms with Gasteiger partial charge < -0.3 is 4.74 Å². The number of aromatic nitrogens is 1. The van der Waals surface area contributed by atoms with E-state index in [1.807, 2.05) is 37.3 Å². The highest BCUT2D eigenvalue weighted by atomic mass is 16.5. The SMILES string of the molecule is CCOC(=O)c1cc(C(C)(C)C)nc2ccccc12. The van der Waals surface area contributed by atoms with Crippen LogP contribution in [0.2, 0.25) is 0 Å². The van der Waals surface area contributed by atoms with Crippen molar-refractivity contribution in [2.75, 3.05) is 6.61 Å². The molecule has 0 fully saturated rings. The van der Waals surface area contributed by atoms with Gasteiger partial charge in [0.15, 0.2) is 0 Å². The van der Waals surface area contributed by atoms with Gasteiger partial charge in [0, 0.05) is 16.5 Å². The maximum Gasteiger partial charge on any atom is 0.338 e. The maximum atomic E-state index is 12.1. The highest BCUT2D eigenvalue weighted by Gasteiger charge is 2.20. The first-order valence-corrected chi connectivity index (χ1v) is 6.51. The topological polar surface area (TPSA) is 39.2 Å². The first-order chi connectivity index (χ1) is 8.93. The van der Waals surface area contributed by atoms with Crippen LogP contribution in [0.15, 0.2) is 30.3 Å². The highest BCUT2D eigenvalue weighted by molar-refractivity contribution is 6.03. The van der Waals surface area contributed by atoms with Crippen molar-refractivity contribution in [2.45, 2.75) is 33.1 Å². The van der Waals surface area contributed by atoms with Gasteiger partial charge in [0.25, 0.3) is 0 Å². The number of carbonyl (C=O) groups excluding carboxylic acids is 1. The molecule has 1 heterocycles. The molecule has 0 aliphatic carbocycles. The van der Waals surface area contributed by atoms with Crippen LogP contribution in [0.3, 0.4) is 0 Å². The Morgan fingerprint density at radius 1 is 1.26 bits per heavy atom. The third-order valence-electron chi connectivity index (χ3n) is 2.98. The zero-order chi connectivity index (χ0) is 14.0. The number of ether oxygens (including phenoxy) is 1. The Morgan fingerprint density at radius 3 is 2.58 bits per heavy atom. The van der Waals surface area contributed by atoms with Gasteiger partial charge in [-0.3, -0.25) is 4.98 Å². The Balaban J connectivity index is 2.68. The lowest BCUT2D eigenvalue weighted by atomic mass is 9.90. The molecule has 0 saturated heterocycles. The van der Waals surface area contributed by atoms with Gasteiger partial charge in [0.2, 0.25) is 0 Å². The lowest BCUT2D eigenvalue weighted by Crippen LogP contribution is -2.16. The van der Waals surface area contributed by atoms with E-state index in [0.717, 1.165) is 16.6 Å². The number of fused-ring (bicyclic) bond motifs is 1. The molecule has 0 aliphatic rings. The van der Waals surface area contributed by atoms with E-state index in [-0.39, 0.29) is 11.4 Å². The Labute approximate surface area is 113 Å². The van der Waals surface area contributed by atoms with Crippen LogP contribution < -0.4 is 0 Å². The first-order valence-electron chi connectivity index (χ1n) is 6.51. The summed E-state index contributed by atoms with van der Waals surface area (Å²) in [7, 11) is 0. The molecule has 0 saturated carbocycles. The lowest BCUT2D eigenvalue weighted by Gasteiger charge is -2.19. The quantitative estimate of drug-likeness (QED) is 0.770. The second kappa shape index (κ2) is 5.00. The summed E-state index contributed by atoms with van der Waals surface area (Å²) in [6.07, 6.45) is 0. The molecule has 0 bridgehead atoms. The van der Waals surface area contributed by atoms with Crippen LogP contribution in [0.25, 0.3) is 10.9 Å². The van der Waals surface area contributed by atoms with E-state index >= 15 is 0 Å². The number of para-hydroxylation sites is 1. The zero-order valence-corrected chi connectivity index (χ0v) is 11.9. The van der Waals surface area contributed by atoms with Crippen LogP contribution in [0, 0.1) is 0 Å². The molecule has 0 spiro atoms. The Morgan fingerprint density at radius 2 is 1.95 bits per heavy atom. The maximum absolute atomic E-state index is 12.1. The van der Waals surface area contributed by atoms with Crippen molar-refractivity contribution >= 4 is 16.9 Å². The number of nitrogens with zero attached hydrogens (tertiary/aromatic N) is 1. The Hall–Kier alpha value is -1.90. The molecule has 1 aromatic carbocycles. The van der Waals surface area contributed by atoms with Crippen LogP contribution in [0.1, 0.15) is 43.7 Å². The predicted octanol–water partition coefficient (Wildman–Crippen LogP) is 3.71. The number of rotatable bonds is 2.